The maximum atomic E-state index is 9.07. The third-order valence-electron chi connectivity index (χ3n) is 2.94. The second kappa shape index (κ2) is 7.78. The molecular weight excluding hydrogens is 309 g/mol. The van der Waals surface area contributed by atoms with Gasteiger partial charge in [0.25, 0.3) is 0 Å². The fourth-order valence-electron chi connectivity index (χ4n) is 1.74. The Labute approximate surface area is 138 Å². The van der Waals surface area contributed by atoms with Crippen molar-refractivity contribution in [3.63, 3.8) is 0 Å². The van der Waals surface area contributed by atoms with E-state index < -0.39 is 13.0 Å². The standard InChI is InChI=1S/C15H14BN5O3/c17-9-13(15(18)19)21-20-12-3-1-2-4-14(12)24-11-7-5-10(6-8-11)16(22)23/h1-8,20,22-23H,(H3,18,19)/b21-13+. The number of rotatable bonds is 6. The van der Waals surface area contributed by atoms with E-state index in [-0.39, 0.29) is 5.71 Å². The number of nitrogens with zero attached hydrogens (tertiary/aromatic N) is 2. The van der Waals surface area contributed by atoms with Gasteiger partial charge in [-0.05, 0) is 29.7 Å². The number of anilines is 1. The first-order valence-electron chi connectivity index (χ1n) is 6.82. The van der Waals surface area contributed by atoms with Crippen LogP contribution in [0, 0.1) is 16.7 Å². The molecule has 0 saturated heterocycles. The van der Waals surface area contributed by atoms with Crippen molar-refractivity contribution in [2.24, 2.45) is 10.8 Å². The zero-order valence-electron chi connectivity index (χ0n) is 12.5. The molecule has 0 spiro atoms. The largest absolute Gasteiger partial charge is 0.488 e. The van der Waals surface area contributed by atoms with E-state index in [4.69, 9.17) is 31.2 Å². The Morgan fingerprint density at radius 3 is 2.46 bits per heavy atom. The van der Waals surface area contributed by atoms with Crippen LogP contribution in [0.1, 0.15) is 0 Å². The lowest BCUT2D eigenvalue weighted by atomic mass is 9.80. The molecule has 2 aromatic rings. The van der Waals surface area contributed by atoms with Gasteiger partial charge in [-0.2, -0.15) is 10.4 Å². The topological polar surface area (TPSA) is 148 Å². The van der Waals surface area contributed by atoms with Gasteiger partial charge >= 0.3 is 7.12 Å². The van der Waals surface area contributed by atoms with E-state index in [0.717, 1.165) is 0 Å². The van der Waals surface area contributed by atoms with Gasteiger partial charge in [0.1, 0.15) is 11.8 Å². The van der Waals surface area contributed by atoms with E-state index in [9.17, 15) is 0 Å². The van der Waals surface area contributed by atoms with E-state index >= 15 is 0 Å². The molecule has 0 fully saturated rings. The Hall–Kier alpha value is -3.35. The normalized spacial score (nSPS) is 10.6. The van der Waals surface area contributed by atoms with Crippen molar-refractivity contribution in [2.45, 2.75) is 0 Å². The first kappa shape index (κ1) is 17.0. The summed E-state index contributed by atoms with van der Waals surface area (Å²) in [6, 6.07) is 14.8. The molecule has 0 heterocycles. The molecule has 8 nitrogen and oxygen atoms in total. The Morgan fingerprint density at radius 1 is 1.21 bits per heavy atom. The van der Waals surface area contributed by atoms with Crippen LogP contribution in [0.5, 0.6) is 11.5 Å². The molecule has 0 bridgehead atoms. The van der Waals surface area contributed by atoms with E-state index in [0.29, 0.717) is 22.6 Å². The van der Waals surface area contributed by atoms with Crippen LogP contribution in [0.25, 0.3) is 0 Å². The van der Waals surface area contributed by atoms with Gasteiger partial charge in [-0.3, -0.25) is 10.8 Å². The molecule has 2 aromatic carbocycles. The third-order valence-corrected chi connectivity index (χ3v) is 2.94. The Balaban J connectivity index is 2.20. The van der Waals surface area contributed by atoms with Crippen LogP contribution in [-0.2, 0) is 0 Å². The molecule has 0 aliphatic heterocycles. The zero-order chi connectivity index (χ0) is 17.5. The van der Waals surface area contributed by atoms with E-state index in [2.05, 4.69) is 10.5 Å². The van der Waals surface area contributed by atoms with Crippen molar-refractivity contribution in [2.75, 3.05) is 5.43 Å². The summed E-state index contributed by atoms with van der Waals surface area (Å²) >= 11 is 0. The molecule has 2 rings (SSSR count). The minimum atomic E-state index is -1.54. The average Bonchev–Trinajstić information content (AvgIpc) is 2.57. The summed E-state index contributed by atoms with van der Waals surface area (Å²) in [5, 5.41) is 38.0. The summed E-state index contributed by atoms with van der Waals surface area (Å²) in [5.41, 5.74) is 8.44. The SMILES string of the molecule is N#C/C(=N\Nc1ccccc1Oc1ccc(B(O)O)cc1)C(=N)N. The van der Waals surface area contributed by atoms with Crippen molar-refractivity contribution >= 4 is 29.8 Å². The van der Waals surface area contributed by atoms with E-state index in [1.165, 1.54) is 12.1 Å². The fourth-order valence-corrected chi connectivity index (χ4v) is 1.74. The van der Waals surface area contributed by atoms with Crippen LogP contribution in [0.2, 0.25) is 0 Å². The summed E-state index contributed by atoms with van der Waals surface area (Å²) < 4.78 is 5.71. The fraction of sp³-hybridized carbons (Fsp3) is 0. The molecule has 0 atom stereocenters. The van der Waals surface area contributed by atoms with Crippen LogP contribution in [0.3, 0.4) is 0 Å². The number of hydrogen-bond acceptors (Lipinski definition) is 7. The number of nitrogens with two attached hydrogens (primary N) is 1. The molecule has 0 saturated carbocycles. The Morgan fingerprint density at radius 2 is 1.88 bits per heavy atom. The summed E-state index contributed by atoms with van der Waals surface area (Å²) in [5.74, 6) is 0.464. The minimum absolute atomic E-state index is 0.244. The van der Waals surface area contributed by atoms with Gasteiger partial charge in [-0.15, -0.1) is 0 Å². The van der Waals surface area contributed by atoms with E-state index in [1.807, 2.05) is 0 Å². The second-order valence-corrected chi connectivity index (χ2v) is 4.64. The minimum Gasteiger partial charge on any atom is -0.455 e. The lowest BCUT2D eigenvalue weighted by Crippen LogP contribution is -2.29. The molecule has 120 valence electrons. The quantitative estimate of drug-likeness (QED) is 0.225. The number of amidine groups is 1. The van der Waals surface area contributed by atoms with E-state index in [1.54, 1.807) is 42.5 Å². The van der Waals surface area contributed by atoms with Gasteiger partial charge in [0.15, 0.2) is 11.6 Å². The maximum Gasteiger partial charge on any atom is 0.488 e. The van der Waals surface area contributed by atoms with Crippen LogP contribution in [0.15, 0.2) is 53.6 Å². The Kier molecular flexibility index (Phi) is 5.51. The molecule has 0 aliphatic carbocycles. The molecule has 24 heavy (non-hydrogen) atoms. The summed E-state index contributed by atoms with van der Waals surface area (Å²) in [6.07, 6.45) is 0. The number of benzene rings is 2. The molecule has 0 unspecified atom stereocenters. The zero-order valence-corrected chi connectivity index (χ0v) is 12.5. The van der Waals surface area contributed by atoms with Crippen LogP contribution < -0.4 is 21.4 Å². The highest BCUT2D eigenvalue weighted by Crippen LogP contribution is 2.28. The third kappa shape index (κ3) is 4.33. The highest BCUT2D eigenvalue weighted by molar-refractivity contribution is 6.58. The van der Waals surface area contributed by atoms with Gasteiger partial charge in [0.2, 0.25) is 5.71 Å². The molecular formula is C15H14BN5O3. The van der Waals surface area contributed by atoms with Crippen molar-refractivity contribution in [1.29, 1.82) is 10.7 Å². The molecule has 0 aromatic heterocycles. The van der Waals surface area contributed by atoms with Gasteiger partial charge < -0.3 is 20.5 Å². The van der Waals surface area contributed by atoms with Crippen molar-refractivity contribution in [1.82, 2.24) is 0 Å². The van der Waals surface area contributed by atoms with Gasteiger partial charge in [0.05, 0.1) is 5.69 Å². The monoisotopic (exact) mass is 323 g/mol. The molecule has 9 heteroatoms. The second-order valence-electron chi connectivity index (χ2n) is 4.64. The summed E-state index contributed by atoms with van der Waals surface area (Å²) in [6.45, 7) is 0. The van der Waals surface area contributed by atoms with Crippen molar-refractivity contribution < 1.29 is 14.8 Å². The molecule has 0 aliphatic rings. The lowest BCUT2D eigenvalue weighted by Gasteiger charge is -2.11. The van der Waals surface area contributed by atoms with Crippen molar-refractivity contribution in [3.05, 3.63) is 48.5 Å². The summed E-state index contributed by atoms with van der Waals surface area (Å²) in [7, 11) is -1.54. The summed E-state index contributed by atoms with van der Waals surface area (Å²) in [4.78, 5) is 0. The van der Waals surface area contributed by atoms with Gasteiger partial charge in [-0.1, -0.05) is 24.3 Å². The predicted molar refractivity (Wildman–Crippen MR) is 91.4 cm³/mol. The van der Waals surface area contributed by atoms with Gasteiger partial charge in [-0.25, -0.2) is 0 Å². The maximum absolute atomic E-state index is 9.07. The lowest BCUT2D eigenvalue weighted by molar-refractivity contribution is 0.425. The highest BCUT2D eigenvalue weighted by atomic mass is 16.5. The number of hydrogen-bond donors (Lipinski definition) is 5. The molecule has 0 amide bonds. The number of nitrogens with one attached hydrogen (secondary N) is 2. The number of hydrazone groups is 1. The van der Waals surface area contributed by atoms with Crippen LogP contribution >= 0.6 is 0 Å². The first-order valence-corrected chi connectivity index (χ1v) is 6.82. The van der Waals surface area contributed by atoms with Crippen LogP contribution in [-0.4, -0.2) is 28.7 Å². The number of nitriles is 1. The smallest absolute Gasteiger partial charge is 0.455 e. The van der Waals surface area contributed by atoms with Gasteiger partial charge in [0, 0.05) is 0 Å². The molecule has 6 N–H and O–H groups in total. The Bertz CT molecular complexity index is 800. The predicted octanol–water partition coefficient (Wildman–Crippen LogP) is 0.386. The highest BCUT2D eigenvalue weighted by Gasteiger charge is 2.11. The number of ether oxygens (including phenoxy) is 1. The van der Waals surface area contributed by atoms with Crippen LogP contribution in [0.4, 0.5) is 5.69 Å². The first-order chi connectivity index (χ1) is 11.5. The average molecular weight is 323 g/mol. The van der Waals surface area contributed by atoms with Crippen molar-refractivity contribution in [3.8, 4) is 17.6 Å². The number of para-hydroxylation sites is 2. The molecule has 0 radical (unpaired) electrons.